The van der Waals surface area contributed by atoms with Crippen LogP contribution in [0.4, 0.5) is 9.59 Å². The zero-order valence-corrected chi connectivity index (χ0v) is 15.9. The van der Waals surface area contributed by atoms with Gasteiger partial charge in [0, 0.05) is 0 Å². The molecule has 0 spiro atoms. The molecule has 0 fully saturated rings. The molecular formula is C16H30N2O6. The minimum absolute atomic E-state index is 0.157. The van der Waals surface area contributed by atoms with E-state index in [2.05, 4.69) is 5.43 Å². The zero-order valence-electron chi connectivity index (χ0n) is 15.9. The van der Waals surface area contributed by atoms with Crippen molar-refractivity contribution in [2.45, 2.75) is 79.1 Å². The van der Waals surface area contributed by atoms with E-state index in [0.29, 0.717) is 0 Å². The molecule has 8 nitrogen and oxygen atoms in total. The number of ether oxygens (including phenoxy) is 3. The van der Waals surface area contributed by atoms with E-state index in [1.807, 2.05) is 0 Å². The largest absolute Gasteiger partial charge is 0.464 e. The SMILES string of the molecule is CCOC(=O)C(CC)N(NC(=O)OC(C)(C)C)C(=O)OC(C)(C)C. The number of esters is 1. The van der Waals surface area contributed by atoms with E-state index in [9.17, 15) is 14.4 Å². The predicted molar refractivity (Wildman–Crippen MR) is 88.2 cm³/mol. The molecule has 0 radical (unpaired) electrons. The maximum absolute atomic E-state index is 12.4. The fourth-order valence-electron chi connectivity index (χ4n) is 1.65. The Labute approximate surface area is 143 Å². The Morgan fingerprint density at radius 2 is 1.46 bits per heavy atom. The van der Waals surface area contributed by atoms with Gasteiger partial charge >= 0.3 is 18.2 Å². The summed E-state index contributed by atoms with van der Waals surface area (Å²) >= 11 is 0. The van der Waals surface area contributed by atoms with Gasteiger partial charge in [-0.25, -0.2) is 24.8 Å². The minimum Gasteiger partial charge on any atom is -0.464 e. The first kappa shape index (κ1) is 22.0. The first-order valence-corrected chi connectivity index (χ1v) is 7.99. The molecule has 1 N–H and O–H groups in total. The van der Waals surface area contributed by atoms with E-state index in [0.717, 1.165) is 5.01 Å². The Balaban J connectivity index is 5.37. The van der Waals surface area contributed by atoms with Crippen molar-refractivity contribution in [2.75, 3.05) is 6.61 Å². The van der Waals surface area contributed by atoms with Gasteiger partial charge in [-0.15, -0.1) is 0 Å². The van der Waals surface area contributed by atoms with Gasteiger partial charge in [0.15, 0.2) is 6.04 Å². The lowest BCUT2D eigenvalue weighted by Gasteiger charge is -2.32. The van der Waals surface area contributed by atoms with E-state index in [4.69, 9.17) is 14.2 Å². The summed E-state index contributed by atoms with van der Waals surface area (Å²) in [6, 6.07) is -1.02. The Hall–Kier alpha value is -1.99. The lowest BCUT2D eigenvalue weighted by atomic mass is 10.2. The number of hydrogen-bond acceptors (Lipinski definition) is 6. The number of rotatable bonds is 4. The van der Waals surface area contributed by atoms with E-state index < -0.39 is 35.4 Å². The molecule has 0 rings (SSSR count). The first-order chi connectivity index (χ1) is 10.8. The second-order valence-electron chi connectivity index (χ2n) is 7.14. The van der Waals surface area contributed by atoms with Gasteiger partial charge in [0.05, 0.1) is 6.61 Å². The van der Waals surface area contributed by atoms with Gasteiger partial charge in [0.1, 0.15) is 11.2 Å². The molecule has 24 heavy (non-hydrogen) atoms. The summed E-state index contributed by atoms with van der Waals surface area (Å²) in [4.78, 5) is 36.5. The fraction of sp³-hybridized carbons (Fsp3) is 0.812. The maximum Gasteiger partial charge on any atom is 0.430 e. The van der Waals surface area contributed by atoms with E-state index in [1.54, 1.807) is 55.4 Å². The lowest BCUT2D eigenvalue weighted by Crippen LogP contribution is -2.57. The third-order valence-corrected chi connectivity index (χ3v) is 2.46. The molecule has 0 saturated heterocycles. The summed E-state index contributed by atoms with van der Waals surface area (Å²) in [5.41, 5.74) is 0.735. The van der Waals surface area contributed by atoms with Crippen molar-refractivity contribution in [3.63, 3.8) is 0 Å². The van der Waals surface area contributed by atoms with Crippen LogP contribution in [0.15, 0.2) is 0 Å². The van der Waals surface area contributed by atoms with Crippen LogP contribution in [-0.2, 0) is 19.0 Å². The van der Waals surface area contributed by atoms with Crippen LogP contribution >= 0.6 is 0 Å². The minimum atomic E-state index is -1.02. The van der Waals surface area contributed by atoms with Crippen LogP contribution in [0.2, 0.25) is 0 Å². The van der Waals surface area contributed by atoms with Gasteiger partial charge < -0.3 is 14.2 Å². The van der Waals surface area contributed by atoms with Gasteiger partial charge in [-0.05, 0) is 54.9 Å². The van der Waals surface area contributed by atoms with Gasteiger partial charge in [-0.2, -0.15) is 0 Å². The van der Waals surface area contributed by atoms with E-state index in [1.165, 1.54) is 0 Å². The Morgan fingerprint density at radius 3 is 1.83 bits per heavy atom. The molecule has 0 aliphatic carbocycles. The van der Waals surface area contributed by atoms with Crippen LogP contribution in [-0.4, -0.2) is 47.0 Å². The smallest absolute Gasteiger partial charge is 0.430 e. The molecule has 0 aliphatic rings. The Morgan fingerprint density at radius 1 is 0.958 bits per heavy atom. The van der Waals surface area contributed by atoms with Crippen molar-refractivity contribution in [1.82, 2.24) is 10.4 Å². The average molecular weight is 346 g/mol. The second kappa shape index (κ2) is 8.75. The fourth-order valence-corrected chi connectivity index (χ4v) is 1.65. The summed E-state index contributed by atoms with van der Waals surface area (Å²) < 4.78 is 15.3. The van der Waals surface area contributed by atoms with Gasteiger partial charge in [0.2, 0.25) is 0 Å². The molecule has 0 aromatic carbocycles. The van der Waals surface area contributed by atoms with Crippen molar-refractivity contribution < 1.29 is 28.6 Å². The highest BCUT2D eigenvalue weighted by Crippen LogP contribution is 2.14. The number of nitrogens with one attached hydrogen (secondary N) is 1. The van der Waals surface area contributed by atoms with Crippen LogP contribution in [0.5, 0.6) is 0 Å². The van der Waals surface area contributed by atoms with Crippen molar-refractivity contribution >= 4 is 18.2 Å². The summed E-state index contributed by atoms with van der Waals surface area (Å²) in [6.45, 7) is 13.6. The van der Waals surface area contributed by atoms with Gasteiger partial charge in [0.25, 0.3) is 0 Å². The molecule has 140 valence electrons. The molecular weight excluding hydrogens is 316 g/mol. The van der Waals surface area contributed by atoms with Crippen molar-refractivity contribution in [3.05, 3.63) is 0 Å². The summed E-state index contributed by atoms with van der Waals surface area (Å²) in [5.74, 6) is -0.637. The number of hydrogen-bond donors (Lipinski definition) is 1. The molecule has 0 aromatic heterocycles. The highest BCUT2D eigenvalue weighted by atomic mass is 16.6. The monoisotopic (exact) mass is 346 g/mol. The summed E-state index contributed by atoms with van der Waals surface area (Å²) in [7, 11) is 0. The number of hydrazine groups is 1. The number of carbonyl (C=O) groups excluding carboxylic acids is 3. The third kappa shape index (κ3) is 8.59. The lowest BCUT2D eigenvalue weighted by molar-refractivity contribution is -0.150. The number of nitrogens with zero attached hydrogens (tertiary/aromatic N) is 1. The number of amides is 2. The molecule has 0 bridgehead atoms. The van der Waals surface area contributed by atoms with Crippen LogP contribution < -0.4 is 5.43 Å². The van der Waals surface area contributed by atoms with Crippen molar-refractivity contribution in [1.29, 1.82) is 0 Å². The molecule has 1 unspecified atom stereocenters. The predicted octanol–water partition coefficient (Wildman–Crippen LogP) is 3.00. The average Bonchev–Trinajstić information content (AvgIpc) is 2.34. The Kier molecular flexibility index (Phi) is 8.02. The van der Waals surface area contributed by atoms with Crippen LogP contribution in [0.3, 0.4) is 0 Å². The van der Waals surface area contributed by atoms with Gasteiger partial charge in [-0.1, -0.05) is 6.92 Å². The third-order valence-electron chi connectivity index (χ3n) is 2.46. The first-order valence-electron chi connectivity index (χ1n) is 7.99. The molecule has 8 heteroatoms. The quantitative estimate of drug-likeness (QED) is 0.478. The molecule has 0 aliphatic heterocycles. The normalized spacial score (nSPS) is 12.8. The number of carbonyl (C=O) groups is 3. The standard InChI is InChI=1S/C16H30N2O6/c1-9-11(12(19)22-10-2)18(14(21)24-16(6,7)8)17-13(20)23-15(3,4)5/h11H,9-10H2,1-8H3,(H,17,20). The summed E-state index contributed by atoms with van der Waals surface area (Å²) in [6.07, 6.45) is -1.50. The zero-order chi connectivity index (χ0) is 19.1. The molecule has 2 amide bonds. The highest BCUT2D eigenvalue weighted by Gasteiger charge is 2.35. The molecule has 1 atom stereocenters. The van der Waals surface area contributed by atoms with E-state index in [-0.39, 0.29) is 13.0 Å². The Bertz CT molecular complexity index is 450. The second-order valence-corrected chi connectivity index (χ2v) is 7.14. The topological polar surface area (TPSA) is 94.2 Å². The highest BCUT2D eigenvalue weighted by molar-refractivity contribution is 5.83. The molecule has 0 aromatic rings. The molecule has 0 heterocycles. The summed E-state index contributed by atoms with van der Waals surface area (Å²) in [5, 5.41) is 0.817. The van der Waals surface area contributed by atoms with Gasteiger partial charge in [-0.3, -0.25) is 0 Å². The van der Waals surface area contributed by atoms with Crippen molar-refractivity contribution in [2.24, 2.45) is 0 Å². The van der Waals surface area contributed by atoms with Crippen LogP contribution in [0.1, 0.15) is 61.8 Å². The van der Waals surface area contributed by atoms with E-state index >= 15 is 0 Å². The van der Waals surface area contributed by atoms with Crippen LogP contribution in [0, 0.1) is 0 Å². The van der Waals surface area contributed by atoms with Crippen LogP contribution in [0.25, 0.3) is 0 Å². The van der Waals surface area contributed by atoms with Crippen molar-refractivity contribution in [3.8, 4) is 0 Å². The maximum atomic E-state index is 12.4. The molecule has 0 saturated carbocycles.